The second-order valence-corrected chi connectivity index (χ2v) is 9.33. The predicted molar refractivity (Wildman–Crippen MR) is 118 cm³/mol. The van der Waals surface area contributed by atoms with Gasteiger partial charge in [-0.25, -0.2) is 0 Å². The topological polar surface area (TPSA) is 65.2 Å². The fourth-order valence-corrected chi connectivity index (χ4v) is 6.17. The number of rotatable bonds is 3. The number of pyridine rings is 1. The number of nitrogens with zero attached hydrogens (tertiary/aromatic N) is 1. The van der Waals surface area contributed by atoms with E-state index in [1.54, 1.807) is 0 Å². The van der Waals surface area contributed by atoms with Gasteiger partial charge in [0, 0.05) is 23.7 Å². The van der Waals surface area contributed by atoms with Gasteiger partial charge in [-0.15, -0.1) is 0 Å². The zero-order valence-corrected chi connectivity index (χ0v) is 17.5. The number of carbonyl (C=O) groups excluding carboxylic acids is 1. The van der Waals surface area contributed by atoms with Gasteiger partial charge in [0.1, 0.15) is 6.10 Å². The summed E-state index contributed by atoms with van der Waals surface area (Å²) in [7, 11) is 0. The maximum atomic E-state index is 12.5. The molecule has 0 spiro atoms. The van der Waals surface area contributed by atoms with Crippen LogP contribution >= 0.6 is 0 Å². The Morgan fingerprint density at radius 3 is 2.67 bits per heavy atom. The SMILES string of the molecule is CC1OC(=O)C2CC3CC(N)CCC3C(C=Cc3ccc(-c4ccccc4)cn3)C12. The number of hydrogen-bond donors (Lipinski definition) is 1. The molecule has 1 saturated heterocycles. The molecule has 156 valence electrons. The van der Waals surface area contributed by atoms with Crippen LogP contribution in [0.3, 0.4) is 0 Å². The normalized spacial score (nSPS) is 35.7. The largest absolute Gasteiger partial charge is 0.462 e. The summed E-state index contributed by atoms with van der Waals surface area (Å²) in [5.74, 6) is 1.74. The van der Waals surface area contributed by atoms with Crippen LogP contribution in [0.1, 0.15) is 38.3 Å². The Hall–Kier alpha value is -2.46. The molecule has 4 heteroatoms. The Labute approximate surface area is 178 Å². The van der Waals surface area contributed by atoms with Crippen LogP contribution in [0, 0.1) is 29.6 Å². The Balaban J connectivity index is 1.39. The number of aromatic nitrogens is 1. The number of ether oxygens (including phenoxy) is 1. The quantitative estimate of drug-likeness (QED) is 0.756. The summed E-state index contributed by atoms with van der Waals surface area (Å²) < 4.78 is 5.67. The van der Waals surface area contributed by atoms with Gasteiger partial charge in [0.25, 0.3) is 0 Å². The molecule has 0 radical (unpaired) electrons. The maximum Gasteiger partial charge on any atom is 0.309 e. The lowest BCUT2D eigenvalue weighted by Crippen LogP contribution is -2.46. The minimum Gasteiger partial charge on any atom is -0.462 e. The molecule has 3 fully saturated rings. The van der Waals surface area contributed by atoms with Crippen LogP contribution in [-0.2, 0) is 9.53 Å². The van der Waals surface area contributed by atoms with Crippen molar-refractivity contribution in [1.82, 2.24) is 4.98 Å². The van der Waals surface area contributed by atoms with Crippen molar-refractivity contribution in [3.05, 3.63) is 60.4 Å². The summed E-state index contributed by atoms with van der Waals surface area (Å²) >= 11 is 0. The number of nitrogens with two attached hydrogens (primary N) is 1. The van der Waals surface area contributed by atoms with Gasteiger partial charge >= 0.3 is 5.97 Å². The molecule has 4 nitrogen and oxygen atoms in total. The third-order valence-electron chi connectivity index (χ3n) is 7.57. The molecule has 0 amide bonds. The summed E-state index contributed by atoms with van der Waals surface area (Å²) in [6.45, 7) is 2.06. The number of benzene rings is 1. The highest BCUT2D eigenvalue weighted by atomic mass is 16.6. The van der Waals surface area contributed by atoms with E-state index in [0.29, 0.717) is 17.8 Å². The molecule has 2 heterocycles. The van der Waals surface area contributed by atoms with E-state index in [0.717, 1.165) is 36.9 Å². The van der Waals surface area contributed by atoms with Crippen molar-refractivity contribution < 1.29 is 9.53 Å². The van der Waals surface area contributed by atoms with Crippen molar-refractivity contribution in [2.75, 3.05) is 0 Å². The zero-order chi connectivity index (χ0) is 20.7. The lowest BCUT2D eigenvalue weighted by Gasteiger charge is -2.47. The molecule has 2 saturated carbocycles. The molecule has 5 rings (SSSR count). The van der Waals surface area contributed by atoms with E-state index >= 15 is 0 Å². The first-order valence-electron chi connectivity index (χ1n) is 11.3. The molecular formula is C26H30N2O2. The van der Waals surface area contributed by atoms with Crippen molar-refractivity contribution in [1.29, 1.82) is 0 Å². The highest BCUT2D eigenvalue weighted by molar-refractivity contribution is 5.75. The average Bonchev–Trinajstić information content (AvgIpc) is 3.05. The Kier molecular flexibility index (Phi) is 5.20. The summed E-state index contributed by atoms with van der Waals surface area (Å²) in [6, 6.07) is 14.8. The lowest BCUT2D eigenvalue weighted by atomic mass is 9.57. The predicted octanol–water partition coefficient (Wildman–Crippen LogP) is 4.70. The highest BCUT2D eigenvalue weighted by Crippen LogP contribution is 2.53. The highest BCUT2D eigenvalue weighted by Gasteiger charge is 2.54. The van der Waals surface area contributed by atoms with Gasteiger partial charge in [-0.05, 0) is 68.1 Å². The number of carbonyl (C=O) groups is 1. The summed E-state index contributed by atoms with van der Waals surface area (Å²) in [5, 5.41) is 0. The number of hydrogen-bond acceptors (Lipinski definition) is 4. The van der Waals surface area contributed by atoms with Crippen LogP contribution in [-0.4, -0.2) is 23.1 Å². The van der Waals surface area contributed by atoms with Gasteiger partial charge in [-0.2, -0.15) is 0 Å². The first kappa shape index (κ1) is 19.5. The van der Waals surface area contributed by atoms with Crippen LogP contribution in [0.15, 0.2) is 54.7 Å². The first-order chi connectivity index (χ1) is 14.6. The molecule has 2 N–H and O–H groups in total. The van der Waals surface area contributed by atoms with Crippen molar-refractivity contribution >= 4 is 12.0 Å². The summed E-state index contributed by atoms with van der Waals surface area (Å²) in [6.07, 6.45) is 10.6. The number of allylic oxidation sites excluding steroid dienone is 1. The molecule has 30 heavy (non-hydrogen) atoms. The molecule has 2 aromatic rings. The van der Waals surface area contributed by atoms with E-state index in [2.05, 4.69) is 48.3 Å². The van der Waals surface area contributed by atoms with E-state index in [9.17, 15) is 4.79 Å². The smallest absolute Gasteiger partial charge is 0.309 e. The van der Waals surface area contributed by atoms with Gasteiger partial charge in [0.2, 0.25) is 0 Å². The number of cyclic esters (lactones) is 1. The lowest BCUT2D eigenvalue weighted by molar-refractivity contribution is -0.144. The minimum absolute atomic E-state index is 0.00571. The monoisotopic (exact) mass is 402 g/mol. The van der Waals surface area contributed by atoms with Crippen LogP contribution in [0.25, 0.3) is 17.2 Å². The van der Waals surface area contributed by atoms with Gasteiger partial charge in [0.05, 0.1) is 11.6 Å². The fourth-order valence-electron chi connectivity index (χ4n) is 6.17. The second kappa shape index (κ2) is 7.99. The number of fused-ring (bicyclic) bond motifs is 2. The third kappa shape index (κ3) is 3.58. The third-order valence-corrected chi connectivity index (χ3v) is 7.57. The van der Waals surface area contributed by atoms with E-state index in [1.807, 2.05) is 24.4 Å². The molecule has 7 atom stereocenters. The molecule has 1 aromatic carbocycles. The summed E-state index contributed by atoms with van der Waals surface area (Å²) in [4.78, 5) is 17.1. The van der Waals surface area contributed by atoms with E-state index < -0.39 is 0 Å². The van der Waals surface area contributed by atoms with Gasteiger partial charge in [-0.3, -0.25) is 9.78 Å². The number of esters is 1. The molecule has 3 aliphatic rings. The van der Waals surface area contributed by atoms with Crippen LogP contribution in [0.2, 0.25) is 0 Å². The van der Waals surface area contributed by atoms with E-state index in [1.165, 1.54) is 5.56 Å². The van der Waals surface area contributed by atoms with Crippen molar-refractivity contribution in [2.45, 2.75) is 44.8 Å². The van der Waals surface area contributed by atoms with Crippen LogP contribution < -0.4 is 5.73 Å². The van der Waals surface area contributed by atoms with Gasteiger partial charge < -0.3 is 10.5 Å². The molecule has 7 unspecified atom stereocenters. The summed E-state index contributed by atoms with van der Waals surface area (Å²) in [5.41, 5.74) is 9.52. The molecule has 1 aromatic heterocycles. The van der Waals surface area contributed by atoms with Crippen molar-refractivity contribution in [2.24, 2.45) is 35.3 Å². The Morgan fingerprint density at radius 1 is 1.07 bits per heavy atom. The fraction of sp³-hybridized carbons (Fsp3) is 0.462. The zero-order valence-electron chi connectivity index (χ0n) is 17.5. The average molecular weight is 403 g/mol. The van der Waals surface area contributed by atoms with Crippen molar-refractivity contribution in [3.63, 3.8) is 0 Å². The van der Waals surface area contributed by atoms with Crippen LogP contribution in [0.5, 0.6) is 0 Å². The second-order valence-electron chi connectivity index (χ2n) is 9.33. The minimum atomic E-state index is -0.0119. The van der Waals surface area contributed by atoms with E-state index in [4.69, 9.17) is 10.5 Å². The first-order valence-corrected chi connectivity index (χ1v) is 11.3. The Bertz CT molecular complexity index is 924. The molecule has 1 aliphatic heterocycles. The standard InChI is InChI=1S/C26H30N2O2/c1-16-25-23(22-11-8-20(27)13-19(22)14-24(25)26(29)30-16)12-10-21-9-7-18(15-28-21)17-5-3-2-4-6-17/h2-7,9-10,12,15-16,19-20,22-25H,8,11,13-14,27H2,1H3. The molecular weight excluding hydrogens is 372 g/mol. The van der Waals surface area contributed by atoms with Gasteiger partial charge in [0.15, 0.2) is 0 Å². The molecule has 2 aliphatic carbocycles. The van der Waals surface area contributed by atoms with E-state index in [-0.39, 0.29) is 30.0 Å². The Morgan fingerprint density at radius 2 is 1.90 bits per heavy atom. The van der Waals surface area contributed by atoms with Gasteiger partial charge in [-0.1, -0.05) is 42.5 Å². The van der Waals surface area contributed by atoms with Crippen LogP contribution in [0.4, 0.5) is 0 Å². The molecule has 0 bridgehead atoms. The van der Waals surface area contributed by atoms with Crippen molar-refractivity contribution in [3.8, 4) is 11.1 Å². The maximum absolute atomic E-state index is 12.5.